The van der Waals surface area contributed by atoms with Gasteiger partial charge in [0.1, 0.15) is 0 Å². The van der Waals surface area contributed by atoms with Crippen molar-refractivity contribution >= 4 is 29.2 Å². The van der Waals surface area contributed by atoms with E-state index >= 15 is 0 Å². The van der Waals surface area contributed by atoms with Gasteiger partial charge < -0.3 is 10.4 Å². The molecule has 0 spiro atoms. The van der Waals surface area contributed by atoms with Crippen molar-refractivity contribution in [3.63, 3.8) is 0 Å². The standard InChI is InChI=1S/C14H11ClN2O3/c1-8-11(15)3-2-4-12(8)17-13(18)9-5-6-16-7-10(9)14(19)20/h2-7H,1H3,(H,17,18)(H,19,20). The molecule has 0 aliphatic carbocycles. The first-order valence-corrected chi connectivity index (χ1v) is 6.12. The molecule has 1 aromatic heterocycles. The van der Waals surface area contributed by atoms with Crippen LogP contribution < -0.4 is 5.32 Å². The maximum absolute atomic E-state index is 12.2. The van der Waals surface area contributed by atoms with E-state index in [2.05, 4.69) is 10.3 Å². The lowest BCUT2D eigenvalue weighted by atomic mass is 10.1. The molecule has 0 fully saturated rings. The first kappa shape index (κ1) is 14.0. The van der Waals surface area contributed by atoms with Crippen LogP contribution >= 0.6 is 11.6 Å². The van der Waals surface area contributed by atoms with E-state index in [1.54, 1.807) is 25.1 Å². The summed E-state index contributed by atoms with van der Waals surface area (Å²) in [6.45, 7) is 1.77. The van der Waals surface area contributed by atoms with Crippen LogP contribution in [0.1, 0.15) is 26.3 Å². The van der Waals surface area contributed by atoms with E-state index < -0.39 is 11.9 Å². The summed E-state index contributed by atoms with van der Waals surface area (Å²) in [5.41, 5.74) is 1.15. The number of anilines is 1. The Balaban J connectivity index is 2.34. The highest BCUT2D eigenvalue weighted by atomic mass is 35.5. The second-order valence-corrected chi connectivity index (χ2v) is 4.50. The highest BCUT2D eigenvalue weighted by Crippen LogP contribution is 2.23. The summed E-state index contributed by atoms with van der Waals surface area (Å²) in [5.74, 6) is -1.72. The molecular weight excluding hydrogens is 280 g/mol. The van der Waals surface area contributed by atoms with Gasteiger partial charge in [0, 0.05) is 23.1 Å². The van der Waals surface area contributed by atoms with Gasteiger partial charge in [-0.2, -0.15) is 0 Å². The van der Waals surface area contributed by atoms with Crippen molar-refractivity contribution in [2.24, 2.45) is 0 Å². The summed E-state index contributed by atoms with van der Waals surface area (Å²) in [7, 11) is 0. The van der Waals surface area contributed by atoms with Gasteiger partial charge in [-0.25, -0.2) is 4.79 Å². The topological polar surface area (TPSA) is 79.3 Å². The van der Waals surface area contributed by atoms with Crippen molar-refractivity contribution in [3.8, 4) is 0 Å². The van der Waals surface area contributed by atoms with Gasteiger partial charge in [-0.05, 0) is 30.7 Å². The van der Waals surface area contributed by atoms with Crippen molar-refractivity contribution in [1.29, 1.82) is 0 Å². The van der Waals surface area contributed by atoms with Gasteiger partial charge in [-0.1, -0.05) is 17.7 Å². The minimum atomic E-state index is -1.20. The lowest BCUT2D eigenvalue weighted by Crippen LogP contribution is -2.17. The number of carboxylic acids is 1. The number of carbonyl (C=O) groups excluding carboxylic acids is 1. The highest BCUT2D eigenvalue weighted by Gasteiger charge is 2.17. The zero-order chi connectivity index (χ0) is 14.7. The third-order valence-corrected chi connectivity index (χ3v) is 3.22. The molecule has 6 heteroatoms. The average Bonchev–Trinajstić information content (AvgIpc) is 2.43. The predicted molar refractivity (Wildman–Crippen MR) is 75.3 cm³/mol. The van der Waals surface area contributed by atoms with Gasteiger partial charge >= 0.3 is 5.97 Å². The van der Waals surface area contributed by atoms with Crippen LogP contribution in [0.3, 0.4) is 0 Å². The van der Waals surface area contributed by atoms with Gasteiger partial charge in [0.05, 0.1) is 11.1 Å². The van der Waals surface area contributed by atoms with E-state index in [0.29, 0.717) is 16.3 Å². The van der Waals surface area contributed by atoms with Gasteiger partial charge in [-0.15, -0.1) is 0 Å². The van der Waals surface area contributed by atoms with Crippen molar-refractivity contribution < 1.29 is 14.7 Å². The Bertz CT molecular complexity index is 686. The number of hydrogen-bond acceptors (Lipinski definition) is 3. The minimum Gasteiger partial charge on any atom is -0.478 e. The number of halogens is 1. The molecule has 0 radical (unpaired) electrons. The van der Waals surface area contributed by atoms with Crippen LogP contribution in [0.2, 0.25) is 5.02 Å². The molecule has 0 aliphatic heterocycles. The Kier molecular flexibility index (Phi) is 4.00. The maximum Gasteiger partial charge on any atom is 0.338 e. The van der Waals surface area contributed by atoms with E-state index in [1.807, 2.05) is 0 Å². The number of hydrogen-bond donors (Lipinski definition) is 2. The molecule has 1 amide bonds. The van der Waals surface area contributed by atoms with Crippen molar-refractivity contribution in [2.75, 3.05) is 5.32 Å². The third kappa shape index (κ3) is 2.78. The Hall–Kier alpha value is -2.40. The summed E-state index contributed by atoms with van der Waals surface area (Å²) < 4.78 is 0. The molecule has 1 aromatic carbocycles. The van der Waals surface area contributed by atoms with Crippen LogP contribution in [0.5, 0.6) is 0 Å². The second-order valence-electron chi connectivity index (χ2n) is 4.09. The fourth-order valence-electron chi connectivity index (χ4n) is 1.70. The number of carbonyl (C=O) groups is 2. The summed E-state index contributed by atoms with van der Waals surface area (Å²) >= 11 is 5.97. The van der Waals surface area contributed by atoms with Gasteiger partial charge in [0.25, 0.3) is 5.91 Å². The Morgan fingerprint density at radius 3 is 2.70 bits per heavy atom. The zero-order valence-electron chi connectivity index (χ0n) is 10.6. The monoisotopic (exact) mass is 290 g/mol. The molecule has 2 N–H and O–H groups in total. The molecule has 1 heterocycles. The van der Waals surface area contributed by atoms with E-state index in [-0.39, 0.29) is 11.1 Å². The fourth-order valence-corrected chi connectivity index (χ4v) is 1.87. The van der Waals surface area contributed by atoms with Crippen LogP contribution in [0.4, 0.5) is 5.69 Å². The summed E-state index contributed by atoms with van der Waals surface area (Å²) in [4.78, 5) is 26.9. The number of rotatable bonds is 3. The number of aromatic nitrogens is 1. The van der Waals surface area contributed by atoms with Gasteiger partial charge in [0.2, 0.25) is 0 Å². The summed E-state index contributed by atoms with van der Waals surface area (Å²) in [5, 5.41) is 12.2. The quantitative estimate of drug-likeness (QED) is 0.911. The Morgan fingerprint density at radius 1 is 1.25 bits per heavy atom. The number of aromatic carboxylic acids is 1. The molecule has 0 unspecified atom stereocenters. The molecule has 0 atom stereocenters. The average molecular weight is 291 g/mol. The first-order valence-electron chi connectivity index (χ1n) is 5.74. The molecule has 0 saturated carbocycles. The van der Waals surface area contributed by atoms with Crippen LogP contribution in [-0.4, -0.2) is 22.0 Å². The third-order valence-electron chi connectivity index (χ3n) is 2.81. The SMILES string of the molecule is Cc1c(Cl)cccc1NC(=O)c1ccncc1C(=O)O. The van der Waals surface area contributed by atoms with Crippen LogP contribution in [0.25, 0.3) is 0 Å². The summed E-state index contributed by atoms with van der Waals surface area (Å²) in [6.07, 6.45) is 2.51. The predicted octanol–water partition coefficient (Wildman–Crippen LogP) is 2.99. The molecule has 20 heavy (non-hydrogen) atoms. The number of nitrogens with one attached hydrogen (secondary N) is 1. The lowest BCUT2D eigenvalue weighted by Gasteiger charge is -2.10. The molecule has 0 aliphatic rings. The maximum atomic E-state index is 12.2. The van der Waals surface area contributed by atoms with Crippen LogP contribution in [-0.2, 0) is 0 Å². The Labute approximate surface area is 120 Å². The molecule has 2 rings (SSSR count). The van der Waals surface area contributed by atoms with Crippen LogP contribution in [0.15, 0.2) is 36.7 Å². The number of benzene rings is 1. The second kappa shape index (κ2) is 5.71. The Morgan fingerprint density at radius 2 is 2.00 bits per heavy atom. The summed E-state index contributed by atoms with van der Waals surface area (Å²) in [6, 6.07) is 6.47. The van der Waals surface area contributed by atoms with E-state index in [1.165, 1.54) is 12.3 Å². The van der Waals surface area contributed by atoms with Crippen molar-refractivity contribution in [1.82, 2.24) is 4.98 Å². The largest absolute Gasteiger partial charge is 0.478 e. The van der Waals surface area contributed by atoms with Crippen molar-refractivity contribution in [3.05, 3.63) is 58.4 Å². The van der Waals surface area contributed by atoms with E-state index in [9.17, 15) is 9.59 Å². The molecule has 5 nitrogen and oxygen atoms in total. The highest BCUT2D eigenvalue weighted by molar-refractivity contribution is 6.31. The number of amides is 1. The molecular formula is C14H11ClN2O3. The van der Waals surface area contributed by atoms with Crippen molar-refractivity contribution in [2.45, 2.75) is 6.92 Å². The zero-order valence-corrected chi connectivity index (χ0v) is 11.3. The molecule has 2 aromatic rings. The first-order chi connectivity index (χ1) is 9.50. The lowest BCUT2D eigenvalue weighted by molar-refractivity contribution is 0.0692. The van der Waals surface area contributed by atoms with E-state index in [4.69, 9.17) is 16.7 Å². The minimum absolute atomic E-state index is 0.0480. The number of carboxylic acid groups (broad SMARTS) is 1. The smallest absolute Gasteiger partial charge is 0.338 e. The van der Waals surface area contributed by atoms with Gasteiger partial charge in [-0.3, -0.25) is 9.78 Å². The van der Waals surface area contributed by atoms with Gasteiger partial charge in [0.15, 0.2) is 0 Å². The number of nitrogens with zero attached hydrogens (tertiary/aromatic N) is 1. The number of pyridine rings is 1. The van der Waals surface area contributed by atoms with Crippen LogP contribution in [0, 0.1) is 6.92 Å². The molecule has 0 saturated heterocycles. The normalized spacial score (nSPS) is 10.1. The fraction of sp³-hybridized carbons (Fsp3) is 0.0714. The van der Waals surface area contributed by atoms with E-state index in [0.717, 1.165) is 6.20 Å². The molecule has 0 bridgehead atoms. The molecule has 102 valence electrons.